The van der Waals surface area contributed by atoms with Gasteiger partial charge in [-0.2, -0.15) is 0 Å². The van der Waals surface area contributed by atoms with Crippen molar-refractivity contribution in [3.63, 3.8) is 0 Å². The van der Waals surface area contributed by atoms with Gasteiger partial charge >= 0.3 is 0 Å². The molecule has 2 aromatic carbocycles. The third-order valence-electron chi connectivity index (χ3n) is 2.93. The van der Waals surface area contributed by atoms with Gasteiger partial charge in [-0.1, -0.05) is 24.3 Å². The highest BCUT2D eigenvalue weighted by molar-refractivity contribution is 5.93. The predicted octanol–water partition coefficient (Wildman–Crippen LogP) is 2.12. The van der Waals surface area contributed by atoms with E-state index in [1.165, 1.54) is 0 Å². The lowest BCUT2D eigenvalue weighted by atomic mass is 10.1. The second-order valence-corrected chi connectivity index (χ2v) is 4.37. The van der Waals surface area contributed by atoms with Crippen LogP contribution in [0.2, 0.25) is 0 Å². The zero-order valence-electron chi connectivity index (χ0n) is 11.3. The minimum atomic E-state index is -0.104. The fourth-order valence-electron chi connectivity index (χ4n) is 1.80. The molecule has 0 unspecified atom stereocenters. The number of benzene rings is 2. The number of carbonyl (C=O) groups is 1. The summed E-state index contributed by atoms with van der Waals surface area (Å²) >= 11 is 0. The number of aliphatic hydroxyl groups is 1. The molecular formula is C16H17NO3. The van der Waals surface area contributed by atoms with E-state index in [-0.39, 0.29) is 12.5 Å². The van der Waals surface area contributed by atoms with E-state index < -0.39 is 0 Å². The van der Waals surface area contributed by atoms with Crippen LogP contribution < -0.4 is 10.1 Å². The number of ether oxygens (including phenoxy) is 1. The van der Waals surface area contributed by atoms with Crippen LogP contribution in [0.5, 0.6) is 5.75 Å². The molecule has 4 nitrogen and oxygen atoms in total. The highest BCUT2D eigenvalue weighted by Gasteiger charge is 2.03. The van der Waals surface area contributed by atoms with Crippen molar-refractivity contribution in [1.29, 1.82) is 0 Å². The van der Waals surface area contributed by atoms with Crippen molar-refractivity contribution >= 4 is 5.91 Å². The topological polar surface area (TPSA) is 58.6 Å². The van der Waals surface area contributed by atoms with E-state index in [0.717, 1.165) is 11.1 Å². The Hall–Kier alpha value is -2.33. The third kappa shape index (κ3) is 3.59. The zero-order chi connectivity index (χ0) is 14.4. The second-order valence-electron chi connectivity index (χ2n) is 4.37. The Morgan fingerprint density at radius 3 is 2.55 bits per heavy atom. The Balaban J connectivity index is 1.98. The first-order valence-corrected chi connectivity index (χ1v) is 6.36. The van der Waals surface area contributed by atoms with E-state index in [4.69, 9.17) is 9.84 Å². The molecule has 0 aliphatic rings. The lowest BCUT2D eigenvalue weighted by molar-refractivity contribution is 0.0963. The summed E-state index contributed by atoms with van der Waals surface area (Å²) < 4.78 is 5.65. The van der Waals surface area contributed by atoms with Crippen molar-refractivity contribution < 1.29 is 14.6 Å². The fourth-order valence-corrected chi connectivity index (χ4v) is 1.80. The molecule has 0 bridgehead atoms. The molecule has 2 rings (SSSR count). The van der Waals surface area contributed by atoms with Crippen LogP contribution in [-0.4, -0.2) is 18.1 Å². The zero-order valence-corrected chi connectivity index (χ0v) is 11.3. The van der Waals surface area contributed by atoms with Crippen molar-refractivity contribution in [2.75, 3.05) is 7.05 Å². The molecule has 2 N–H and O–H groups in total. The molecule has 104 valence electrons. The SMILES string of the molecule is CNC(=O)c1ccc(COc2cccc(CO)c2)cc1. The quantitative estimate of drug-likeness (QED) is 0.875. The summed E-state index contributed by atoms with van der Waals surface area (Å²) in [5.41, 5.74) is 2.42. The molecular weight excluding hydrogens is 254 g/mol. The lowest BCUT2D eigenvalue weighted by Crippen LogP contribution is -2.17. The molecule has 4 heteroatoms. The Labute approximate surface area is 118 Å². The molecule has 0 aromatic heterocycles. The molecule has 1 amide bonds. The molecule has 0 heterocycles. The Kier molecular flexibility index (Phi) is 4.74. The number of rotatable bonds is 5. The molecule has 0 saturated heterocycles. The number of hydrogen-bond donors (Lipinski definition) is 2. The molecule has 0 aliphatic heterocycles. The molecule has 0 radical (unpaired) electrons. The average Bonchev–Trinajstić information content (AvgIpc) is 2.53. The van der Waals surface area contributed by atoms with Crippen LogP contribution in [0.1, 0.15) is 21.5 Å². The van der Waals surface area contributed by atoms with Gasteiger partial charge in [0.1, 0.15) is 12.4 Å². The molecule has 0 aliphatic carbocycles. The van der Waals surface area contributed by atoms with Crippen molar-refractivity contribution in [3.05, 3.63) is 65.2 Å². The van der Waals surface area contributed by atoms with E-state index in [1.54, 1.807) is 25.2 Å². The van der Waals surface area contributed by atoms with Crippen molar-refractivity contribution in [1.82, 2.24) is 5.32 Å². The highest BCUT2D eigenvalue weighted by atomic mass is 16.5. The summed E-state index contributed by atoms with van der Waals surface area (Å²) in [7, 11) is 1.60. The Morgan fingerprint density at radius 2 is 1.90 bits per heavy atom. The summed E-state index contributed by atoms with van der Waals surface area (Å²) in [6.45, 7) is 0.418. The van der Waals surface area contributed by atoms with Gasteiger partial charge in [0.05, 0.1) is 6.61 Å². The number of amides is 1. The molecule has 0 saturated carbocycles. The number of aliphatic hydroxyl groups excluding tert-OH is 1. The van der Waals surface area contributed by atoms with Crippen LogP contribution in [0.15, 0.2) is 48.5 Å². The van der Waals surface area contributed by atoms with Gasteiger partial charge in [0, 0.05) is 12.6 Å². The van der Waals surface area contributed by atoms with Crippen LogP contribution in [-0.2, 0) is 13.2 Å². The third-order valence-corrected chi connectivity index (χ3v) is 2.93. The number of nitrogens with one attached hydrogen (secondary N) is 1. The first-order valence-electron chi connectivity index (χ1n) is 6.36. The maximum Gasteiger partial charge on any atom is 0.251 e. The van der Waals surface area contributed by atoms with Gasteiger partial charge in [0.25, 0.3) is 5.91 Å². The van der Waals surface area contributed by atoms with Gasteiger partial charge in [0.2, 0.25) is 0 Å². The lowest BCUT2D eigenvalue weighted by Gasteiger charge is -2.08. The van der Waals surface area contributed by atoms with Crippen molar-refractivity contribution in [3.8, 4) is 5.75 Å². The Morgan fingerprint density at radius 1 is 1.15 bits per heavy atom. The van der Waals surface area contributed by atoms with E-state index in [2.05, 4.69) is 5.32 Å². The van der Waals surface area contributed by atoms with E-state index in [0.29, 0.717) is 17.9 Å². The largest absolute Gasteiger partial charge is 0.489 e. The normalized spacial score (nSPS) is 10.1. The molecule has 0 atom stereocenters. The maximum atomic E-state index is 11.4. The first kappa shape index (κ1) is 14.1. The summed E-state index contributed by atoms with van der Waals surface area (Å²) in [4.78, 5) is 11.4. The average molecular weight is 271 g/mol. The molecule has 2 aromatic rings. The van der Waals surface area contributed by atoms with Crippen LogP contribution in [0.4, 0.5) is 0 Å². The highest BCUT2D eigenvalue weighted by Crippen LogP contribution is 2.15. The van der Waals surface area contributed by atoms with Gasteiger partial charge in [-0.25, -0.2) is 0 Å². The molecule has 0 fully saturated rings. The van der Waals surface area contributed by atoms with Gasteiger partial charge in [0.15, 0.2) is 0 Å². The van der Waals surface area contributed by atoms with Gasteiger partial charge < -0.3 is 15.2 Å². The van der Waals surface area contributed by atoms with E-state index in [9.17, 15) is 4.79 Å². The fraction of sp³-hybridized carbons (Fsp3) is 0.188. The summed E-state index contributed by atoms with van der Waals surface area (Å²) in [5.74, 6) is 0.611. The van der Waals surface area contributed by atoms with Gasteiger partial charge in [-0.3, -0.25) is 4.79 Å². The van der Waals surface area contributed by atoms with E-state index in [1.807, 2.05) is 30.3 Å². The standard InChI is InChI=1S/C16H17NO3/c1-17-16(19)14-7-5-12(6-8-14)11-20-15-4-2-3-13(9-15)10-18/h2-9,18H,10-11H2,1H3,(H,17,19). The summed E-state index contributed by atoms with van der Waals surface area (Å²) in [5, 5.41) is 11.6. The monoisotopic (exact) mass is 271 g/mol. The van der Waals surface area contributed by atoms with Gasteiger partial charge in [-0.05, 0) is 35.4 Å². The van der Waals surface area contributed by atoms with Crippen LogP contribution in [0, 0.1) is 0 Å². The Bertz CT molecular complexity index is 579. The van der Waals surface area contributed by atoms with Crippen LogP contribution in [0.3, 0.4) is 0 Å². The first-order chi connectivity index (χ1) is 9.72. The van der Waals surface area contributed by atoms with E-state index >= 15 is 0 Å². The predicted molar refractivity (Wildman–Crippen MR) is 76.5 cm³/mol. The second kappa shape index (κ2) is 6.73. The van der Waals surface area contributed by atoms with Gasteiger partial charge in [-0.15, -0.1) is 0 Å². The smallest absolute Gasteiger partial charge is 0.251 e. The summed E-state index contributed by atoms with van der Waals surface area (Å²) in [6, 6.07) is 14.6. The van der Waals surface area contributed by atoms with Crippen molar-refractivity contribution in [2.45, 2.75) is 13.2 Å². The number of carbonyl (C=O) groups excluding carboxylic acids is 1. The number of hydrogen-bond acceptors (Lipinski definition) is 3. The van der Waals surface area contributed by atoms with Crippen molar-refractivity contribution in [2.24, 2.45) is 0 Å². The minimum Gasteiger partial charge on any atom is -0.489 e. The minimum absolute atomic E-state index is 0.00196. The molecule has 0 spiro atoms. The molecule has 20 heavy (non-hydrogen) atoms. The van der Waals surface area contributed by atoms with Crippen LogP contribution >= 0.6 is 0 Å². The van der Waals surface area contributed by atoms with Crippen LogP contribution in [0.25, 0.3) is 0 Å². The maximum absolute atomic E-state index is 11.4. The summed E-state index contributed by atoms with van der Waals surface area (Å²) in [6.07, 6.45) is 0.